The van der Waals surface area contributed by atoms with Crippen LogP contribution >= 0.6 is 23.2 Å². The van der Waals surface area contributed by atoms with Gasteiger partial charge in [-0.2, -0.15) is 0 Å². The van der Waals surface area contributed by atoms with E-state index in [4.69, 9.17) is 23.2 Å². The highest BCUT2D eigenvalue weighted by Crippen LogP contribution is 2.31. The standard InChI is InChI=1S/C25H29Cl2N3O/c26-23-7-6-19(15-24(23)27)18-4-5-21-16-28(9-8-20(21)14-18)17-25(31)30-12-10-29(11-13-30)22-2-1-3-22/h4-7,14-15,22H,1-3,8-13,16-17H2. The van der Waals surface area contributed by atoms with E-state index < -0.39 is 0 Å². The van der Waals surface area contributed by atoms with Crippen molar-refractivity contribution < 1.29 is 4.79 Å². The summed E-state index contributed by atoms with van der Waals surface area (Å²) in [5.41, 5.74) is 4.92. The maximum Gasteiger partial charge on any atom is 0.236 e. The number of halogens is 2. The molecule has 1 amide bonds. The van der Waals surface area contributed by atoms with Gasteiger partial charge in [0.2, 0.25) is 5.91 Å². The summed E-state index contributed by atoms with van der Waals surface area (Å²) in [4.78, 5) is 19.8. The molecular weight excluding hydrogens is 429 g/mol. The summed E-state index contributed by atoms with van der Waals surface area (Å²) < 4.78 is 0. The molecule has 0 bridgehead atoms. The van der Waals surface area contributed by atoms with Gasteiger partial charge in [-0.3, -0.25) is 14.6 Å². The Hall–Kier alpha value is -1.59. The molecule has 0 unspecified atom stereocenters. The lowest BCUT2D eigenvalue weighted by atomic mass is 9.91. The van der Waals surface area contributed by atoms with E-state index in [0.29, 0.717) is 16.6 Å². The van der Waals surface area contributed by atoms with Gasteiger partial charge in [0.25, 0.3) is 0 Å². The molecule has 4 nitrogen and oxygen atoms in total. The Balaban J connectivity index is 1.18. The molecule has 1 aliphatic carbocycles. The summed E-state index contributed by atoms with van der Waals surface area (Å²) in [6.07, 6.45) is 5.02. The van der Waals surface area contributed by atoms with Gasteiger partial charge in [0, 0.05) is 45.3 Å². The monoisotopic (exact) mass is 457 g/mol. The van der Waals surface area contributed by atoms with Crippen molar-refractivity contribution in [3.63, 3.8) is 0 Å². The summed E-state index contributed by atoms with van der Waals surface area (Å²) in [7, 11) is 0. The van der Waals surface area contributed by atoms with Crippen LogP contribution in [-0.4, -0.2) is 65.9 Å². The second-order valence-electron chi connectivity index (χ2n) is 9.07. The molecule has 2 fully saturated rings. The summed E-state index contributed by atoms with van der Waals surface area (Å²) in [5.74, 6) is 0.282. The lowest BCUT2D eigenvalue weighted by Gasteiger charge is -2.43. The minimum atomic E-state index is 0.282. The largest absolute Gasteiger partial charge is 0.339 e. The quantitative estimate of drug-likeness (QED) is 0.664. The minimum absolute atomic E-state index is 0.282. The molecule has 1 saturated heterocycles. The maximum atomic E-state index is 12.9. The fourth-order valence-corrected chi connectivity index (χ4v) is 5.28. The van der Waals surface area contributed by atoms with E-state index in [1.807, 2.05) is 18.2 Å². The Kier molecular flexibility index (Phi) is 6.25. The third kappa shape index (κ3) is 4.63. The molecule has 31 heavy (non-hydrogen) atoms. The van der Waals surface area contributed by atoms with Crippen LogP contribution in [0.25, 0.3) is 11.1 Å². The molecule has 0 N–H and O–H groups in total. The zero-order chi connectivity index (χ0) is 21.4. The number of piperazine rings is 1. The van der Waals surface area contributed by atoms with E-state index in [1.165, 1.54) is 30.4 Å². The Morgan fingerprint density at radius 1 is 0.871 bits per heavy atom. The van der Waals surface area contributed by atoms with Gasteiger partial charge < -0.3 is 4.90 Å². The van der Waals surface area contributed by atoms with Crippen molar-refractivity contribution in [2.75, 3.05) is 39.3 Å². The van der Waals surface area contributed by atoms with E-state index in [2.05, 4.69) is 32.9 Å². The first-order chi connectivity index (χ1) is 15.1. The number of carbonyl (C=O) groups excluding carboxylic acids is 1. The van der Waals surface area contributed by atoms with Crippen molar-refractivity contribution in [2.24, 2.45) is 0 Å². The number of fused-ring (bicyclic) bond motifs is 1. The van der Waals surface area contributed by atoms with Crippen LogP contribution in [0.4, 0.5) is 0 Å². The molecule has 0 radical (unpaired) electrons. The Morgan fingerprint density at radius 2 is 1.61 bits per heavy atom. The summed E-state index contributed by atoms with van der Waals surface area (Å²) in [5, 5.41) is 1.16. The average Bonchev–Trinajstić information content (AvgIpc) is 2.74. The van der Waals surface area contributed by atoms with Gasteiger partial charge in [-0.1, -0.05) is 53.9 Å². The molecule has 6 heteroatoms. The molecule has 2 aromatic carbocycles. The molecule has 3 aliphatic rings. The van der Waals surface area contributed by atoms with Crippen LogP contribution in [0.2, 0.25) is 10.0 Å². The van der Waals surface area contributed by atoms with Gasteiger partial charge in [0.1, 0.15) is 0 Å². The van der Waals surface area contributed by atoms with Crippen molar-refractivity contribution in [2.45, 2.75) is 38.3 Å². The molecule has 164 valence electrons. The number of nitrogens with zero attached hydrogens (tertiary/aromatic N) is 3. The molecule has 1 saturated carbocycles. The highest BCUT2D eigenvalue weighted by molar-refractivity contribution is 6.42. The topological polar surface area (TPSA) is 26.8 Å². The predicted molar refractivity (Wildman–Crippen MR) is 127 cm³/mol. The number of hydrogen-bond acceptors (Lipinski definition) is 3. The summed E-state index contributed by atoms with van der Waals surface area (Å²) in [6, 6.07) is 13.2. The lowest BCUT2D eigenvalue weighted by Crippen LogP contribution is -2.55. The molecule has 2 aromatic rings. The van der Waals surface area contributed by atoms with E-state index >= 15 is 0 Å². The van der Waals surface area contributed by atoms with Gasteiger partial charge >= 0.3 is 0 Å². The van der Waals surface area contributed by atoms with Crippen LogP contribution < -0.4 is 0 Å². The van der Waals surface area contributed by atoms with Gasteiger partial charge in [-0.25, -0.2) is 0 Å². The van der Waals surface area contributed by atoms with Gasteiger partial charge in [-0.05, 0) is 53.6 Å². The number of amides is 1. The van der Waals surface area contributed by atoms with Crippen molar-refractivity contribution in [1.82, 2.24) is 14.7 Å². The van der Waals surface area contributed by atoms with Crippen molar-refractivity contribution in [1.29, 1.82) is 0 Å². The zero-order valence-corrected chi connectivity index (χ0v) is 19.3. The van der Waals surface area contributed by atoms with E-state index in [0.717, 1.165) is 62.9 Å². The number of rotatable bonds is 4. The van der Waals surface area contributed by atoms with Gasteiger partial charge in [0.15, 0.2) is 0 Å². The summed E-state index contributed by atoms with van der Waals surface area (Å²) >= 11 is 12.3. The molecule has 0 atom stereocenters. The van der Waals surface area contributed by atoms with Crippen LogP contribution in [-0.2, 0) is 17.8 Å². The first-order valence-corrected chi connectivity index (χ1v) is 12.1. The normalized spacial score (nSPS) is 20.4. The third-order valence-electron chi connectivity index (χ3n) is 7.17. The molecule has 0 spiro atoms. The smallest absolute Gasteiger partial charge is 0.236 e. The van der Waals surface area contributed by atoms with Gasteiger partial charge in [0.05, 0.1) is 16.6 Å². The highest BCUT2D eigenvalue weighted by Gasteiger charge is 2.30. The minimum Gasteiger partial charge on any atom is -0.339 e. The van der Waals surface area contributed by atoms with E-state index in [9.17, 15) is 4.79 Å². The zero-order valence-electron chi connectivity index (χ0n) is 17.8. The number of benzene rings is 2. The van der Waals surface area contributed by atoms with Crippen LogP contribution in [0, 0.1) is 0 Å². The second kappa shape index (κ2) is 9.11. The molecule has 0 aromatic heterocycles. The van der Waals surface area contributed by atoms with E-state index in [1.54, 1.807) is 0 Å². The number of hydrogen-bond donors (Lipinski definition) is 0. The van der Waals surface area contributed by atoms with Crippen molar-refractivity contribution >= 4 is 29.1 Å². The average molecular weight is 458 g/mol. The van der Waals surface area contributed by atoms with Crippen LogP contribution in [0.15, 0.2) is 36.4 Å². The molecular formula is C25H29Cl2N3O. The summed E-state index contributed by atoms with van der Waals surface area (Å²) in [6.45, 7) is 6.13. The maximum absolute atomic E-state index is 12.9. The first kappa shape index (κ1) is 21.3. The molecule has 2 heterocycles. The third-order valence-corrected chi connectivity index (χ3v) is 7.91. The Bertz CT molecular complexity index is 967. The fourth-order valence-electron chi connectivity index (χ4n) is 4.98. The second-order valence-corrected chi connectivity index (χ2v) is 9.89. The van der Waals surface area contributed by atoms with Gasteiger partial charge in [-0.15, -0.1) is 0 Å². The Morgan fingerprint density at radius 3 is 2.32 bits per heavy atom. The van der Waals surface area contributed by atoms with Crippen LogP contribution in [0.1, 0.15) is 30.4 Å². The van der Waals surface area contributed by atoms with E-state index in [-0.39, 0.29) is 5.91 Å². The molecule has 5 rings (SSSR count). The first-order valence-electron chi connectivity index (χ1n) is 11.4. The van der Waals surface area contributed by atoms with Crippen LogP contribution in [0.3, 0.4) is 0 Å². The number of carbonyl (C=O) groups is 1. The SMILES string of the molecule is O=C(CN1CCc2cc(-c3ccc(Cl)c(Cl)c3)ccc2C1)N1CCN(C2CCC2)CC1. The Labute approximate surface area is 194 Å². The molecule has 2 aliphatic heterocycles. The van der Waals surface area contributed by atoms with Crippen molar-refractivity contribution in [3.05, 3.63) is 57.6 Å². The predicted octanol–water partition coefficient (Wildman–Crippen LogP) is 4.72. The highest BCUT2D eigenvalue weighted by atomic mass is 35.5. The fraction of sp³-hybridized carbons (Fsp3) is 0.480. The van der Waals surface area contributed by atoms with Crippen molar-refractivity contribution in [3.8, 4) is 11.1 Å². The lowest BCUT2D eigenvalue weighted by molar-refractivity contribution is -0.135. The van der Waals surface area contributed by atoms with Crippen LogP contribution in [0.5, 0.6) is 0 Å².